The summed E-state index contributed by atoms with van der Waals surface area (Å²) in [5.74, 6) is 0.875. The van der Waals surface area contributed by atoms with E-state index in [2.05, 4.69) is 69.3 Å². The van der Waals surface area contributed by atoms with E-state index in [0.29, 0.717) is 0 Å². The maximum absolute atomic E-state index is 4.62. The van der Waals surface area contributed by atoms with Crippen molar-refractivity contribution < 1.29 is 0 Å². The van der Waals surface area contributed by atoms with Crippen molar-refractivity contribution in [1.29, 1.82) is 0 Å². The Balaban J connectivity index is 0.00000312. The fourth-order valence-corrected chi connectivity index (χ4v) is 2.83. The standard InChI is InChI=1S/C19H31N5.HI/c1-3-10-21-19(20-4-2)22-11-12-23-13-15-24(16-14-23)17-18-8-6-5-7-9-18;/h3,5-9H,1,4,10-17H2,2H3,(H2,20,21,22);1H. The third kappa shape index (κ3) is 8.69. The van der Waals surface area contributed by atoms with Crippen LogP contribution < -0.4 is 10.6 Å². The molecule has 5 nitrogen and oxygen atoms in total. The molecule has 1 heterocycles. The molecule has 0 aromatic heterocycles. The minimum atomic E-state index is 0. The highest BCUT2D eigenvalue weighted by Gasteiger charge is 2.16. The highest BCUT2D eigenvalue weighted by atomic mass is 127. The van der Waals surface area contributed by atoms with E-state index >= 15 is 0 Å². The maximum atomic E-state index is 4.62. The average Bonchev–Trinajstić information content (AvgIpc) is 2.62. The van der Waals surface area contributed by atoms with Crippen molar-refractivity contribution >= 4 is 29.9 Å². The molecule has 1 saturated heterocycles. The molecule has 1 fully saturated rings. The molecule has 1 aromatic carbocycles. The van der Waals surface area contributed by atoms with E-state index in [9.17, 15) is 0 Å². The van der Waals surface area contributed by atoms with Gasteiger partial charge >= 0.3 is 0 Å². The van der Waals surface area contributed by atoms with Gasteiger partial charge in [0.05, 0.1) is 6.54 Å². The lowest BCUT2D eigenvalue weighted by Crippen LogP contribution is -2.46. The van der Waals surface area contributed by atoms with Crippen LogP contribution in [0.3, 0.4) is 0 Å². The van der Waals surface area contributed by atoms with E-state index in [1.54, 1.807) is 0 Å². The zero-order chi connectivity index (χ0) is 17.0. The summed E-state index contributed by atoms with van der Waals surface area (Å²) in [5, 5.41) is 6.49. The Kier molecular flexibility index (Phi) is 11.5. The Morgan fingerprint density at radius 1 is 1.12 bits per heavy atom. The number of nitrogens with zero attached hydrogens (tertiary/aromatic N) is 3. The van der Waals surface area contributed by atoms with Gasteiger partial charge in [-0.1, -0.05) is 36.4 Å². The minimum absolute atomic E-state index is 0. The van der Waals surface area contributed by atoms with Crippen LogP contribution in [-0.4, -0.2) is 68.1 Å². The third-order valence-corrected chi connectivity index (χ3v) is 4.16. The van der Waals surface area contributed by atoms with Crippen LogP contribution in [0.15, 0.2) is 48.0 Å². The van der Waals surface area contributed by atoms with Gasteiger partial charge < -0.3 is 10.6 Å². The van der Waals surface area contributed by atoms with Gasteiger partial charge in [0.1, 0.15) is 0 Å². The molecule has 6 heteroatoms. The summed E-state index contributed by atoms with van der Waals surface area (Å²) in [6.45, 7) is 14.8. The van der Waals surface area contributed by atoms with Gasteiger partial charge in [0.15, 0.2) is 5.96 Å². The number of piperazine rings is 1. The Morgan fingerprint density at radius 2 is 1.80 bits per heavy atom. The molecule has 2 N–H and O–H groups in total. The van der Waals surface area contributed by atoms with Crippen LogP contribution in [-0.2, 0) is 6.54 Å². The molecule has 0 radical (unpaired) electrons. The number of halogens is 1. The van der Waals surface area contributed by atoms with Crippen LogP contribution in [0, 0.1) is 0 Å². The van der Waals surface area contributed by atoms with Crippen molar-refractivity contribution in [1.82, 2.24) is 20.4 Å². The molecular weight excluding hydrogens is 425 g/mol. The average molecular weight is 457 g/mol. The summed E-state index contributed by atoms with van der Waals surface area (Å²) in [6, 6.07) is 10.7. The summed E-state index contributed by atoms with van der Waals surface area (Å²) < 4.78 is 0. The number of aliphatic imine (C=N–C) groups is 1. The maximum Gasteiger partial charge on any atom is 0.191 e. The Hall–Kier alpha value is -1.12. The van der Waals surface area contributed by atoms with E-state index in [1.165, 1.54) is 5.56 Å². The molecule has 0 aliphatic carbocycles. The summed E-state index contributed by atoms with van der Waals surface area (Å²) in [5.41, 5.74) is 1.40. The first kappa shape index (κ1) is 21.9. The molecule has 0 saturated carbocycles. The second-order valence-corrected chi connectivity index (χ2v) is 6.03. The number of rotatable bonds is 8. The van der Waals surface area contributed by atoms with Crippen LogP contribution in [0.4, 0.5) is 0 Å². The van der Waals surface area contributed by atoms with Crippen LogP contribution in [0.1, 0.15) is 12.5 Å². The van der Waals surface area contributed by atoms with Gasteiger partial charge in [0.25, 0.3) is 0 Å². The molecule has 0 unspecified atom stereocenters. The van der Waals surface area contributed by atoms with Gasteiger partial charge in [0, 0.05) is 52.4 Å². The minimum Gasteiger partial charge on any atom is -0.357 e. The normalized spacial score (nSPS) is 16.1. The first-order valence-electron chi connectivity index (χ1n) is 8.93. The smallest absolute Gasteiger partial charge is 0.191 e. The molecule has 0 amide bonds. The number of hydrogen-bond donors (Lipinski definition) is 2. The van der Waals surface area contributed by atoms with E-state index < -0.39 is 0 Å². The van der Waals surface area contributed by atoms with E-state index in [-0.39, 0.29) is 24.0 Å². The van der Waals surface area contributed by atoms with Crippen LogP contribution in [0.5, 0.6) is 0 Å². The molecule has 1 aliphatic heterocycles. The zero-order valence-corrected chi connectivity index (χ0v) is 17.6. The van der Waals surface area contributed by atoms with Crippen molar-refractivity contribution in [3.05, 3.63) is 48.6 Å². The largest absolute Gasteiger partial charge is 0.357 e. The molecular formula is C19H32IN5. The lowest BCUT2D eigenvalue weighted by molar-refractivity contribution is 0.130. The lowest BCUT2D eigenvalue weighted by atomic mass is 10.2. The predicted octanol–water partition coefficient (Wildman–Crippen LogP) is 2.16. The van der Waals surface area contributed by atoms with Crippen molar-refractivity contribution in [2.24, 2.45) is 4.99 Å². The van der Waals surface area contributed by atoms with Crippen molar-refractivity contribution in [3.63, 3.8) is 0 Å². The van der Waals surface area contributed by atoms with Gasteiger partial charge in [-0.05, 0) is 12.5 Å². The van der Waals surface area contributed by atoms with E-state index in [4.69, 9.17) is 0 Å². The van der Waals surface area contributed by atoms with E-state index in [1.807, 2.05) is 6.08 Å². The van der Waals surface area contributed by atoms with Gasteiger partial charge in [-0.25, -0.2) is 0 Å². The predicted molar refractivity (Wildman–Crippen MR) is 118 cm³/mol. The lowest BCUT2D eigenvalue weighted by Gasteiger charge is -2.34. The fourth-order valence-electron chi connectivity index (χ4n) is 2.83. The first-order valence-corrected chi connectivity index (χ1v) is 8.93. The molecule has 0 bridgehead atoms. The van der Waals surface area contributed by atoms with Crippen LogP contribution in [0.2, 0.25) is 0 Å². The van der Waals surface area contributed by atoms with Gasteiger partial charge in [-0.2, -0.15) is 0 Å². The Bertz CT molecular complexity index is 498. The summed E-state index contributed by atoms with van der Waals surface area (Å²) in [7, 11) is 0. The number of benzene rings is 1. The number of guanidine groups is 1. The van der Waals surface area contributed by atoms with Crippen molar-refractivity contribution in [3.8, 4) is 0 Å². The molecule has 25 heavy (non-hydrogen) atoms. The zero-order valence-electron chi connectivity index (χ0n) is 15.3. The van der Waals surface area contributed by atoms with Gasteiger partial charge in [0.2, 0.25) is 0 Å². The Morgan fingerprint density at radius 3 is 2.44 bits per heavy atom. The van der Waals surface area contributed by atoms with Gasteiger partial charge in [-0.3, -0.25) is 14.8 Å². The second kappa shape index (κ2) is 13.1. The fraction of sp³-hybridized carbons (Fsp3) is 0.526. The monoisotopic (exact) mass is 457 g/mol. The second-order valence-electron chi connectivity index (χ2n) is 6.03. The topological polar surface area (TPSA) is 42.9 Å². The molecule has 0 atom stereocenters. The summed E-state index contributed by atoms with van der Waals surface area (Å²) in [4.78, 5) is 9.66. The third-order valence-electron chi connectivity index (χ3n) is 4.16. The molecule has 1 aliphatic rings. The van der Waals surface area contributed by atoms with Crippen molar-refractivity contribution in [2.45, 2.75) is 13.5 Å². The molecule has 0 spiro atoms. The highest BCUT2D eigenvalue weighted by Crippen LogP contribution is 2.08. The summed E-state index contributed by atoms with van der Waals surface area (Å²) in [6.07, 6.45) is 1.85. The number of hydrogen-bond acceptors (Lipinski definition) is 3. The molecule has 1 aromatic rings. The quantitative estimate of drug-likeness (QED) is 0.272. The van der Waals surface area contributed by atoms with Gasteiger partial charge in [-0.15, -0.1) is 30.6 Å². The SMILES string of the molecule is C=CCNC(=NCCN1CCN(Cc2ccccc2)CC1)NCC.I. The first-order chi connectivity index (χ1) is 11.8. The highest BCUT2D eigenvalue weighted by molar-refractivity contribution is 14.0. The summed E-state index contributed by atoms with van der Waals surface area (Å²) >= 11 is 0. The Labute approximate surface area is 169 Å². The van der Waals surface area contributed by atoms with Crippen LogP contribution in [0.25, 0.3) is 0 Å². The van der Waals surface area contributed by atoms with Crippen molar-refractivity contribution in [2.75, 3.05) is 52.4 Å². The molecule has 2 rings (SSSR count). The van der Waals surface area contributed by atoms with Crippen LogP contribution >= 0.6 is 24.0 Å². The van der Waals surface area contributed by atoms with E-state index in [0.717, 1.165) is 64.9 Å². The number of nitrogens with one attached hydrogen (secondary N) is 2. The molecule has 140 valence electrons.